The van der Waals surface area contributed by atoms with Crippen LogP contribution in [0.2, 0.25) is 0 Å². The number of rotatable bonds is 2. The van der Waals surface area contributed by atoms with Crippen molar-refractivity contribution >= 4 is 18.1 Å². The van der Waals surface area contributed by atoms with E-state index in [0.717, 1.165) is 11.1 Å². The maximum absolute atomic E-state index is 11.0. The molecule has 1 aromatic rings. The number of carbonyl (C=O) groups excluding carboxylic acids is 1. The van der Waals surface area contributed by atoms with Crippen molar-refractivity contribution in [3.8, 4) is 0 Å². The lowest BCUT2D eigenvalue weighted by molar-refractivity contribution is 0.251. The predicted octanol–water partition coefficient (Wildman–Crippen LogP) is 2.42. The molecule has 0 saturated heterocycles. The lowest BCUT2D eigenvalue weighted by Crippen LogP contribution is -2.31. The molecular formula is C12H11N5O. The van der Waals surface area contributed by atoms with Crippen LogP contribution in [0.3, 0.4) is 0 Å². The van der Waals surface area contributed by atoms with Crippen molar-refractivity contribution in [2.24, 2.45) is 20.4 Å². The molecule has 90 valence electrons. The predicted molar refractivity (Wildman–Crippen MR) is 68.7 cm³/mol. The zero-order valence-corrected chi connectivity index (χ0v) is 9.79. The Morgan fingerprint density at radius 1 is 1.39 bits per heavy atom. The molecule has 6 nitrogen and oxygen atoms in total. The largest absolute Gasteiger partial charge is 0.365 e. The fourth-order valence-electron chi connectivity index (χ4n) is 1.34. The Hall–Kier alpha value is -2.63. The second-order valence-corrected chi connectivity index (χ2v) is 3.68. The van der Waals surface area contributed by atoms with Gasteiger partial charge in [0.15, 0.2) is 5.84 Å². The van der Waals surface area contributed by atoms with E-state index in [1.807, 2.05) is 31.2 Å². The fraction of sp³-hybridized carbons (Fsp3) is 0.0833. The van der Waals surface area contributed by atoms with E-state index in [4.69, 9.17) is 0 Å². The van der Waals surface area contributed by atoms with E-state index < -0.39 is 6.03 Å². The SMILES string of the molecule is C=C1N=NC(=O)N/C1=N/N=C/c1cccc(C)c1. The highest BCUT2D eigenvalue weighted by molar-refractivity contribution is 6.08. The summed E-state index contributed by atoms with van der Waals surface area (Å²) in [6.07, 6.45) is 1.59. The Morgan fingerprint density at radius 2 is 2.22 bits per heavy atom. The lowest BCUT2D eigenvalue weighted by Gasteiger charge is -2.06. The van der Waals surface area contributed by atoms with Crippen LogP contribution in [-0.2, 0) is 0 Å². The van der Waals surface area contributed by atoms with Gasteiger partial charge < -0.3 is 0 Å². The molecule has 6 heteroatoms. The molecule has 0 unspecified atom stereocenters. The van der Waals surface area contributed by atoms with Gasteiger partial charge in [0.25, 0.3) is 0 Å². The quantitative estimate of drug-likeness (QED) is 0.626. The summed E-state index contributed by atoms with van der Waals surface area (Å²) in [5.74, 6) is 0.207. The molecular weight excluding hydrogens is 230 g/mol. The van der Waals surface area contributed by atoms with Gasteiger partial charge in [-0.15, -0.1) is 10.2 Å². The van der Waals surface area contributed by atoms with Gasteiger partial charge in [-0.05, 0) is 12.5 Å². The van der Waals surface area contributed by atoms with Gasteiger partial charge in [-0.2, -0.15) is 5.10 Å². The molecule has 1 N–H and O–H groups in total. The Bertz CT molecular complexity index is 586. The number of azo groups is 1. The third kappa shape index (κ3) is 2.94. The number of urea groups is 1. The van der Waals surface area contributed by atoms with E-state index in [0.29, 0.717) is 0 Å². The Kier molecular flexibility index (Phi) is 3.38. The van der Waals surface area contributed by atoms with Crippen molar-refractivity contribution < 1.29 is 4.79 Å². The number of nitrogens with zero attached hydrogens (tertiary/aromatic N) is 4. The average molecular weight is 241 g/mol. The first-order valence-electron chi connectivity index (χ1n) is 5.25. The second-order valence-electron chi connectivity index (χ2n) is 3.68. The van der Waals surface area contributed by atoms with Gasteiger partial charge in [0, 0.05) is 0 Å². The van der Waals surface area contributed by atoms with Crippen LogP contribution in [0.5, 0.6) is 0 Å². The summed E-state index contributed by atoms with van der Waals surface area (Å²) in [4.78, 5) is 11.0. The molecule has 0 radical (unpaired) electrons. The third-order valence-corrected chi connectivity index (χ3v) is 2.17. The van der Waals surface area contributed by atoms with Crippen molar-refractivity contribution in [1.82, 2.24) is 5.32 Å². The molecule has 1 aromatic carbocycles. The van der Waals surface area contributed by atoms with Crippen LogP contribution in [0, 0.1) is 6.92 Å². The number of amides is 2. The van der Waals surface area contributed by atoms with Crippen LogP contribution < -0.4 is 5.32 Å². The van der Waals surface area contributed by atoms with Crippen molar-refractivity contribution in [1.29, 1.82) is 0 Å². The number of aryl methyl sites for hydroxylation is 1. The molecule has 1 aliphatic heterocycles. The summed E-state index contributed by atoms with van der Waals surface area (Å²) in [5, 5.41) is 16.9. The maximum atomic E-state index is 11.0. The van der Waals surface area contributed by atoms with Crippen LogP contribution in [0.4, 0.5) is 4.79 Å². The van der Waals surface area contributed by atoms with Gasteiger partial charge >= 0.3 is 6.03 Å². The average Bonchev–Trinajstić information content (AvgIpc) is 2.34. The smallest absolute Gasteiger partial charge is 0.286 e. The number of hydrogen-bond donors (Lipinski definition) is 1. The van der Waals surface area contributed by atoms with Gasteiger partial charge in [0.1, 0.15) is 5.70 Å². The molecule has 2 amide bonds. The van der Waals surface area contributed by atoms with Crippen molar-refractivity contribution in [3.05, 3.63) is 47.7 Å². The topological polar surface area (TPSA) is 78.5 Å². The normalized spacial score (nSPS) is 17.5. The molecule has 0 aliphatic carbocycles. The Labute approximate surface area is 104 Å². The molecule has 0 fully saturated rings. The van der Waals surface area contributed by atoms with E-state index in [-0.39, 0.29) is 11.5 Å². The number of hydrogen-bond acceptors (Lipinski definition) is 4. The van der Waals surface area contributed by atoms with Crippen LogP contribution in [0.1, 0.15) is 11.1 Å². The molecule has 0 spiro atoms. The van der Waals surface area contributed by atoms with Crippen LogP contribution in [0.15, 0.2) is 57.0 Å². The lowest BCUT2D eigenvalue weighted by atomic mass is 10.2. The van der Waals surface area contributed by atoms with Gasteiger partial charge in [-0.1, -0.05) is 41.5 Å². The standard InChI is InChI=1S/C12H11N5O/c1-8-4-3-5-10(6-8)7-13-16-11-9(2)15-17-12(18)14-11/h3-7H,2H2,1H3,(H,14,16,18)/b13-7+. The van der Waals surface area contributed by atoms with Gasteiger partial charge in [-0.25, -0.2) is 4.79 Å². The first kappa shape index (κ1) is 11.8. The second kappa shape index (κ2) is 5.13. The minimum absolute atomic E-state index is 0.207. The minimum Gasteiger partial charge on any atom is -0.286 e. The summed E-state index contributed by atoms with van der Waals surface area (Å²) < 4.78 is 0. The minimum atomic E-state index is -0.577. The van der Waals surface area contributed by atoms with Gasteiger partial charge in [0.2, 0.25) is 0 Å². The third-order valence-electron chi connectivity index (χ3n) is 2.17. The summed E-state index contributed by atoms with van der Waals surface area (Å²) in [6.45, 7) is 5.58. The molecule has 1 heterocycles. The summed E-state index contributed by atoms with van der Waals surface area (Å²) >= 11 is 0. The number of carbonyl (C=O) groups is 1. The van der Waals surface area contributed by atoms with Crippen molar-refractivity contribution in [2.75, 3.05) is 0 Å². The fourth-order valence-corrected chi connectivity index (χ4v) is 1.34. The zero-order valence-electron chi connectivity index (χ0n) is 9.79. The van der Waals surface area contributed by atoms with E-state index in [2.05, 4.69) is 32.3 Å². The van der Waals surface area contributed by atoms with E-state index in [1.54, 1.807) is 6.21 Å². The molecule has 0 bridgehead atoms. The van der Waals surface area contributed by atoms with E-state index in [9.17, 15) is 4.79 Å². The highest BCUT2D eigenvalue weighted by Crippen LogP contribution is 2.04. The highest BCUT2D eigenvalue weighted by Gasteiger charge is 2.13. The summed E-state index contributed by atoms with van der Waals surface area (Å²) in [6, 6.07) is 7.22. The molecule has 0 atom stereocenters. The summed E-state index contributed by atoms with van der Waals surface area (Å²) in [7, 11) is 0. The van der Waals surface area contributed by atoms with Crippen LogP contribution in [-0.4, -0.2) is 18.1 Å². The maximum Gasteiger partial charge on any atom is 0.365 e. The molecule has 0 aromatic heterocycles. The molecule has 0 saturated carbocycles. The van der Waals surface area contributed by atoms with Crippen LogP contribution >= 0.6 is 0 Å². The van der Waals surface area contributed by atoms with Crippen molar-refractivity contribution in [2.45, 2.75) is 6.92 Å². The van der Waals surface area contributed by atoms with E-state index >= 15 is 0 Å². The number of nitrogens with one attached hydrogen (secondary N) is 1. The van der Waals surface area contributed by atoms with Crippen LogP contribution in [0.25, 0.3) is 0 Å². The first-order chi connectivity index (χ1) is 8.65. The van der Waals surface area contributed by atoms with Gasteiger partial charge in [0.05, 0.1) is 6.21 Å². The summed E-state index contributed by atoms with van der Waals surface area (Å²) in [5.41, 5.74) is 2.33. The highest BCUT2D eigenvalue weighted by atomic mass is 16.2. The number of benzene rings is 1. The Morgan fingerprint density at radius 3 is 3.00 bits per heavy atom. The monoisotopic (exact) mass is 241 g/mol. The zero-order chi connectivity index (χ0) is 13.0. The molecule has 1 aliphatic rings. The molecule has 2 rings (SSSR count). The Balaban J connectivity index is 2.13. The first-order valence-corrected chi connectivity index (χ1v) is 5.25. The molecule has 18 heavy (non-hydrogen) atoms. The number of amidine groups is 1. The van der Waals surface area contributed by atoms with Gasteiger partial charge in [-0.3, -0.25) is 5.32 Å². The van der Waals surface area contributed by atoms with E-state index in [1.165, 1.54) is 0 Å². The van der Waals surface area contributed by atoms with Crippen molar-refractivity contribution in [3.63, 3.8) is 0 Å².